The van der Waals surface area contributed by atoms with Gasteiger partial charge in [-0.05, 0) is 19.1 Å². The van der Waals surface area contributed by atoms with Gasteiger partial charge >= 0.3 is 5.97 Å². The Morgan fingerprint density at radius 1 is 1.57 bits per heavy atom. The second-order valence-corrected chi connectivity index (χ2v) is 4.35. The molecule has 0 saturated heterocycles. The Bertz CT molecular complexity index is 365. The highest BCUT2D eigenvalue weighted by molar-refractivity contribution is 7.84. The van der Waals surface area contributed by atoms with Crippen molar-refractivity contribution in [2.45, 2.75) is 12.7 Å². The summed E-state index contributed by atoms with van der Waals surface area (Å²) in [7, 11) is -1.37. The summed E-state index contributed by atoms with van der Waals surface area (Å²) < 4.78 is 11.2. The lowest BCUT2D eigenvalue weighted by atomic mass is 10.3. The van der Waals surface area contributed by atoms with Gasteiger partial charge in [0.05, 0.1) is 11.4 Å². The molecule has 76 valence electrons. The molecule has 1 aromatic rings. The summed E-state index contributed by atoms with van der Waals surface area (Å²) in [6, 6.07) is 5.39. The number of carboxylic acids is 1. The van der Waals surface area contributed by atoms with Crippen molar-refractivity contribution in [1.82, 2.24) is 4.98 Å². The molecule has 0 amide bonds. The molecular weight excluding hydrogens is 202 g/mol. The minimum atomic E-state index is -1.37. The molecule has 0 fully saturated rings. The molecule has 4 nitrogen and oxygen atoms in total. The van der Waals surface area contributed by atoms with Crippen LogP contribution in [0, 0.1) is 6.92 Å². The molecule has 0 spiro atoms. The van der Waals surface area contributed by atoms with Gasteiger partial charge in [0.1, 0.15) is 5.75 Å². The average Bonchev–Trinajstić information content (AvgIpc) is 2.01. The summed E-state index contributed by atoms with van der Waals surface area (Å²) in [5, 5.41) is 8.40. The topological polar surface area (TPSA) is 67.3 Å². The molecule has 1 unspecified atom stereocenters. The molecule has 1 rings (SSSR count). The molecule has 1 atom stereocenters. The van der Waals surface area contributed by atoms with Crippen molar-refractivity contribution in [2.75, 3.05) is 5.75 Å². The van der Waals surface area contributed by atoms with Gasteiger partial charge in [0.25, 0.3) is 0 Å². The number of pyridine rings is 1. The zero-order chi connectivity index (χ0) is 10.6. The first-order valence-electron chi connectivity index (χ1n) is 4.07. The Kier molecular flexibility index (Phi) is 3.76. The zero-order valence-electron chi connectivity index (χ0n) is 7.77. The van der Waals surface area contributed by atoms with Crippen molar-refractivity contribution < 1.29 is 14.1 Å². The number of aromatic nitrogens is 1. The number of aliphatic carboxylic acids is 1. The van der Waals surface area contributed by atoms with E-state index in [0.717, 1.165) is 5.69 Å². The summed E-state index contributed by atoms with van der Waals surface area (Å²) in [5.74, 6) is -1.17. The van der Waals surface area contributed by atoms with Crippen molar-refractivity contribution >= 4 is 16.8 Å². The lowest BCUT2D eigenvalue weighted by Crippen LogP contribution is -2.11. The summed E-state index contributed by atoms with van der Waals surface area (Å²) in [6.45, 7) is 1.84. The molecule has 1 heterocycles. The van der Waals surface area contributed by atoms with E-state index in [9.17, 15) is 9.00 Å². The summed E-state index contributed by atoms with van der Waals surface area (Å²) in [6.07, 6.45) is 0. The molecule has 14 heavy (non-hydrogen) atoms. The first kappa shape index (κ1) is 10.8. The standard InChI is InChI=1S/C9H11NO3S/c1-7-3-2-4-8(10-7)5-14(13)6-9(11)12/h2-4H,5-6H2,1H3,(H,11,12). The summed E-state index contributed by atoms with van der Waals surface area (Å²) in [4.78, 5) is 14.4. The first-order valence-corrected chi connectivity index (χ1v) is 5.56. The van der Waals surface area contributed by atoms with E-state index in [2.05, 4.69) is 4.98 Å². The predicted molar refractivity (Wildman–Crippen MR) is 53.3 cm³/mol. The van der Waals surface area contributed by atoms with E-state index in [-0.39, 0.29) is 11.5 Å². The highest BCUT2D eigenvalue weighted by Gasteiger charge is 2.07. The maximum Gasteiger partial charge on any atom is 0.316 e. The normalized spacial score (nSPS) is 12.4. The molecule has 0 aromatic carbocycles. The Morgan fingerprint density at radius 3 is 2.86 bits per heavy atom. The zero-order valence-corrected chi connectivity index (χ0v) is 8.58. The number of aryl methyl sites for hydroxylation is 1. The Labute approximate surface area is 84.4 Å². The largest absolute Gasteiger partial charge is 0.481 e. The van der Waals surface area contributed by atoms with E-state index in [4.69, 9.17) is 5.11 Å². The number of nitrogens with zero attached hydrogens (tertiary/aromatic N) is 1. The van der Waals surface area contributed by atoms with Crippen LogP contribution < -0.4 is 0 Å². The summed E-state index contributed by atoms with van der Waals surface area (Å²) >= 11 is 0. The number of carboxylic acid groups (broad SMARTS) is 1. The van der Waals surface area contributed by atoms with Gasteiger partial charge in [-0.15, -0.1) is 0 Å². The van der Waals surface area contributed by atoms with Crippen LogP contribution in [0.1, 0.15) is 11.4 Å². The number of rotatable bonds is 4. The number of carbonyl (C=O) groups is 1. The van der Waals surface area contributed by atoms with Gasteiger partial charge in [0, 0.05) is 16.5 Å². The van der Waals surface area contributed by atoms with Crippen LogP contribution in [-0.2, 0) is 21.3 Å². The predicted octanol–water partition coefficient (Wildman–Crippen LogP) is 0.723. The van der Waals surface area contributed by atoms with Gasteiger partial charge in [-0.25, -0.2) is 0 Å². The van der Waals surface area contributed by atoms with Crippen molar-refractivity contribution in [2.24, 2.45) is 0 Å². The fourth-order valence-electron chi connectivity index (χ4n) is 1.03. The van der Waals surface area contributed by atoms with Crippen molar-refractivity contribution in [3.63, 3.8) is 0 Å². The third-order valence-corrected chi connectivity index (χ3v) is 2.73. The van der Waals surface area contributed by atoms with Gasteiger partial charge in [0.2, 0.25) is 0 Å². The van der Waals surface area contributed by atoms with Gasteiger partial charge in [-0.1, -0.05) is 6.07 Å². The van der Waals surface area contributed by atoms with Gasteiger partial charge in [-0.2, -0.15) is 0 Å². The minimum Gasteiger partial charge on any atom is -0.481 e. The van der Waals surface area contributed by atoms with Crippen LogP contribution in [0.3, 0.4) is 0 Å². The molecule has 0 saturated carbocycles. The first-order chi connectivity index (χ1) is 6.58. The average molecular weight is 213 g/mol. The SMILES string of the molecule is Cc1cccc(CS(=O)CC(=O)O)n1. The lowest BCUT2D eigenvalue weighted by molar-refractivity contribution is -0.133. The fourth-order valence-corrected chi connectivity index (χ4v) is 1.90. The fraction of sp³-hybridized carbons (Fsp3) is 0.333. The number of hydrogen-bond donors (Lipinski definition) is 1. The molecular formula is C9H11NO3S. The van der Waals surface area contributed by atoms with Crippen LogP contribution in [0.5, 0.6) is 0 Å². The van der Waals surface area contributed by atoms with Gasteiger partial charge < -0.3 is 5.11 Å². The van der Waals surface area contributed by atoms with Crippen molar-refractivity contribution in [3.8, 4) is 0 Å². The molecule has 0 aliphatic heterocycles. The second kappa shape index (κ2) is 4.85. The smallest absolute Gasteiger partial charge is 0.316 e. The van der Waals surface area contributed by atoms with Crippen LogP contribution in [-0.4, -0.2) is 26.0 Å². The number of hydrogen-bond acceptors (Lipinski definition) is 3. The Hall–Kier alpha value is -1.23. The third-order valence-electron chi connectivity index (χ3n) is 1.54. The van der Waals surface area contributed by atoms with E-state index in [0.29, 0.717) is 5.69 Å². The van der Waals surface area contributed by atoms with Gasteiger partial charge in [0.15, 0.2) is 0 Å². The quantitative estimate of drug-likeness (QED) is 0.800. The van der Waals surface area contributed by atoms with E-state index < -0.39 is 16.8 Å². The molecule has 0 aliphatic rings. The van der Waals surface area contributed by atoms with E-state index in [1.807, 2.05) is 19.1 Å². The van der Waals surface area contributed by atoms with Crippen LogP contribution >= 0.6 is 0 Å². The highest BCUT2D eigenvalue weighted by atomic mass is 32.2. The molecule has 1 N–H and O–H groups in total. The highest BCUT2D eigenvalue weighted by Crippen LogP contribution is 2.01. The van der Waals surface area contributed by atoms with E-state index in [1.54, 1.807) is 6.07 Å². The minimum absolute atomic E-state index is 0.202. The second-order valence-electron chi connectivity index (χ2n) is 2.89. The lowest BCUT2D eigenvalue weighted by Gasteiger charge is -2.00. The Morgan fingerprint density at radius 2 is 2.29 bits per heavy atom. The summed E-state index contributed by atoms with van der Waals surface area (Å²) in [5.41, 5.74) is 1.51. The Balaban J connectivity index is 2.60. The molecule has 0 aliphatic carbocycles. The molecule has 0 bridgehead atoms. The monoisotopic (exact) mass is 213 g/mol. The van der Waals surface area contributed by atoms with Crippen molar-refractivity contribution in [3.05, 3.63) is 29.6 Å². The maximum absolute atomic E-state index is 11.2. The van der Waals surface area contributed by atoms with E-state index in [1.165, 1.54) is 0 Å². The van der Waals surface area contributed by atoms with Crippen molar-refractivity contribution in [1.29, 1.82) is 0 Å². The van der Waals surface area contributed by atoms with Crippen LogP contribution in [0.15, 0.2) is 18.2 Å². The van der Waals surface area contributed by atoms with Crippen LogP contribution in [0.4, 0.5) is 0 Å². The molecule has 0 radical (unpaired) electrons. The van der Waals surface area contributed by atoms with Crippen LogP contribution in [0.25, 0.3) is 0 Å². The van der Waals surface area contributed by atoms with Crippen LogP contribution in [0.2, 0.25) is 0 Å². The third kappa shape index (κ3) is 3.66. The van der Waals surface area contributed by atoms with E-state index >= 15 is 0 Å². The maximum atomic E-state index is 11.2. The molecule has 5 heteroatoms. The van der Waals surface area contributed by atoms with Gasteiger partial charge in [-0.3, -0.25) is 14.0 Å². The molecule has 1 aromatic heterocycles.